The number of rotatable bonds is 9. The van der Waals surface area contributed by atoms with Gasteiger partial charge >= 0.3 is 0 Å². The predicted octanol–water partition coefficient (Wildman–Crippen LogP) is 2.71. The highest BCUT2D eigenvalue weighted by Gasteiger charge is 2.06. The van der Waals surface area contributed by atoms with E-state index in [-0.39, 0.29) is 0 Å². The van der Waals surface area contributed by atoms with Crippen LogP contribution in [0.25, 0.3) is 0 Å². The van der Waals surface area contributed by atoms with Gasteiger partial charge in [-0.15, -0.1) is 0 Å². The van der Waals surface area contributed by atoms with E-state index in [9.17, 15) is 0 Å². The molecule has 1 atom stereocenters. The third-order valence-corrected chi connectivity index (χ3v) is 4.03. The Kier molecular flexibility index (Phi) is 7.50. The second kappa shape index (κ2) is 9.72. The zero-order valence-corrected chi connectivity index (χ0v) is 13.0. The van der Waals surface area contributed by atoms with Crippen molar-refractivity contribution in [2.75, 3.05) is 13.1 Å². The molecular formula is C18H29N3. The highest BCUT2D eigenvalue weighted by molar-refractivity contribution is 5.22. The Labute approximate surface area is 129 Å². The van der Waals surface area contributed by atoms with E-state index in [1.54, 1.807) is 0 Å². The van der Waals surface area contributed by atoms with E-state index in [0.717, 1.165) is 19.6 Å². The first-order valence-corrected chi connectivity index (χ1v) is 8.27. The average Bonchev–Trinajstić information content (AvgIpc) is 2.55. The SMILES string of the molecule is NCc1ccc(CNCCCCNC2C=CCCC2)cc1. The van der Waals surface area contributed by atoms with Gasteiger partial charge in [-0.2, -0.15) is 0 Å². The number of unbranched alkanes of at least 4 members (excludes halogenated alkanes) is 1. The van der Waals surface area contributed by atoms with Crippen LogP contribution in [0.1, 0.15) is 43.2 Å². The molecule has 1 unspecified atom stereocenters. The van der Waals surface area contributed by atoms with E-state index in [0.29, 0.717) is 12.6 Å². The Balaban J connectivity index is 1.47. The summed E-state index contributed by atoms with van der Waals surface area (Å²) in [5, 5.41) is 7.12. The lowest BCUT2D eigenvalue weighted by Gasteiger charge is -2.17. The summed E-state index contributed by atoms with van der Waals surface area (Å²) in [5.74, 6) is 0. The molecule has 1 aromatic rings. The number of allylic oxidation sites excluding steroid dienone is 1. The Hall–Kier alpha value is -1.16. The lowest BCUT2D eigenvalue weighted by Crippen LogP contribution is -2.29. The van der Waals surface area contributed by atoms with Gasteiger partial charge in [-0.1, -0.05) is 36.4 Å². The number of hydrogen-bond donors (Lipinski definition) is 3. The van der Waals surface area contributed by atoms with Crippen LogP contribution in [0, 0.1) is 0 Å². The highest BCUT2D eigenvalue weighted by Crippen LogP contribution is 2.09. The first-order chi connectivity index (χ1) is 10.4. The Morgan fingerprint density at radius 1 is 1.05 bits per heavy atom. The van der Waals surface area contributed by atoms with Crippen molar-refractivity contribution in [1.82, 2.24) is 10.6 Å². The Morgan fingerprint density at radius 3 is 2.52 bits per heavy atom. The summed E-state index contributed by atoms with van der Waals surface area (Å²) in [5.41, 5.74) is 8.12. The van der Waals surface area contributed by atoms with Crippen LogP contribution >= 0.6 is 0 Å². The van der Waals surface area contributed by atoms with E-state index in [1.807, 2.05) is 0 Å². The molecule has 1 aliphatic rings. The third kappa shape index (κ3) is 6.42. The van der Waals surface area contributed by atoms with Gasteiger partial charge in [0.25, 0.3) is 0 Å². The molecule has 3 nitrogen and oxygen atoms in total. The standard InChI is InChI=1S/C18H29N3/c19-14-16-8-10-17(11-9-16)15-20-12-4-5-13-21-18-6-2-1-3-7-18/h2,6,8-11,18,20-21H,1,3-5,7,12-15,19H2. The van der Waals surface area contributed by atoms with Crippen molar-refractivity contribution in [3.63, 3.8) is 0 Å². The molecule has 0 spiro atoms. The van der Waals surface area contributed by atoms with Gasteiger partial charge in [0.1, 0.15) is 0 Å². The molecule has 1 aliphatic carbocycles. The van der Waals surface area contributed by atoms with E-state index in [2.05, 4.69) is 47.1 Å². The minimum absolute atomic E-state index is 0.618. The van der Waals surface area contributed by atoms with Crippen LogP contribution in [0.15, 0.2) is 36.4 Å². The van der Waals surface area contributed by atoms with E-state index in [4.69, 9.17) is 5.73 Å². The van der Waals surface area contributed by atoms with Gasteiger partial charge in [0.15, 0.2) is 0 Å². The van der Waals surface area contributed by atoms with Crippen LogP contribution in [0.5, 0.6) is 0 Å². The van der Waals surface area contributed by atoms with Gasteiger partial charge in [0.05, 0.1) is 0 Å². The van der Waals surface area contributed by atoms with Gasteiger partial charge in [0.2, 0.25) is 0 Å². The van der Waals surface area contributed by atoms with Crippen molar-refractivity contribution in [3.8, 4) is 0 Å². The molecule has 0 fully saturated rings. The summed E-state index contributed by atoms with van der Waals surface area (Å²) in [6.45, 7) is 3.78. The van der Waals surface area contributed by atoms with Crippen LogP contribution in [0.3, 0.4) is 0 Å². The summed E-state index contributed by atoms with van der Waals surface area (Å²) < 4.78 is 0. The van der Waals surface area contributed by atoms with Gasteiger partial charge in [-0.3, -0.25) is 0 Å². The number of nitrogens with two attached hydrogens (primary N) is 1. The monoisotopic (exact) mass is 287 g/mol. The maximum Gasteiger partial charge on any atom is 0.0250 e. The van der Waals surface area contributed by atoms with Crippen molar-refractivity contribution < 1.29 is 0 Å². The van der Waals surface area contributed by atoms with Crippen LogP contribution < -0.4 is 16.4 Å². The molecule has 2 rings (SSSR count). The molecule has 116 valence electrons. The maximum absolute atomic E-state index is 5.60. The first kappa shape index (κ1) is 16.2. The molecule has 0 aromatic heterocycles. The van der Waals surface area contributed by atoms with Gasteiger partial charge < -0.3 is 16.4 Å². The van der Waals surface area contributed by atoms with Crippen molar-refractivity contribution in [1.29, 1.82) is 0 Å². The van der Waals surface area contributed by atoms with E-state index in [1.165, 1.54) is 43.2 Å². The number of benzene rings is 1. The number of hydrogen-bond acceptors (Lipinski definition) is 3. The molecule has 0 amide bonds. The van der Waals surface area contributed by atoms with Gasteiger partial charge in [-0.25, -0.2) is 0 Å². The molecule has 0 saturated heterocycles. The van der Waals surface area contributed by atoms with Crippen LogP contribution in [0.4, 0.5) is 0 Å². The molecule has 0 bridgehead atoms. The van der Waals surface area contributed by atoms with Gasteiger partial charge in [-0.05, 0) is 56.3 Å². The topological polar surface area (TPSA) is 50.1 Å². The van der Waals surface area contributed by atoms with Crippen molar-refractivity contribution in [3.05, 3.63) is 47.5 Å². The molecule has 0 heterocycles. The van der Waals surface area contributed by atoms with Crippen LogP contribution in [-0.2, 0) is 13.1 Å². The van der Waals surface area contributed by atoms with Gasteiger partial charge in [0, 0.05) is 19.1 Å². The lowest BCUT2D eigenvalue weighted by molar-refractivity contribution is 0.502. The van der Waals surface area contributed by atoms with Crippen LogP contribution in [-0.4, -0.2) is 19.1 Å². The van der Waals surface area contributed by atoms with E-state index < -0.39 is 0 Å². The molecule has 21 heavy (non-hydrogen) atoms. The smallest absolute Gasteiger partial charge is 0.0250 e. The van der Waals surface area contributed by atoms with Crippen molar-refractivity contribution in [2.45, 2.75) is 51.2 Å². The van der Waals surface area contributed by atoms with Crippen LogP contribution in [0.2, 0.25) is 0 Å². The zero-order chi connectivity index (χ0) is 14.8. The molecule has 0 aliphatic heterocycles. The summed E-state index contributed by atoms with van der Waals surface area (Å²) in [4.78, 5) is 0. The lowest BCUT2D eigenvalue weighted by atomic mass is 10.0. The molecule has 4 N–H and O–H groups in total. The average molecular weight is 287 g/mol. The summed E-state index contributed by atoms with van der Waals surface area (Å²) in [6.07, 6.45) is 11.0. The fraction of sp³-hybridized carbons (Fsp3) is 0.556. The molecule has 0 radical (unpaired) electrons. The number of nitrogens with one attached hydrogen (secondary N) is 2. The highest BCUT2D eigenvalue weighted by atomic mass is 14.9. The first-order valence-electron chi connectivity index (χ1n) is 8.27. The summed E-state index contributed by atoms with van der Waals surface area (Å²) in [7, 11) is 0. The largest absolute Gasteiger partial charge is 0.326 e. The second-order valence-electron chi connectivity index (χ2n) is 5.82. The predicted molar refractivity (Wildman–Crippen MR) is 90.1 cm³/mol. The summed E-state index contributed by atoms with van der Waals surface area (Å²) >= 11 is 0. The normalized spacial score (nSPS) is 18.0. The molecular weight excluding hydrogens is 258 g/mol. The van der Waals surface area contributed by atoms with Crippen molar-refractivity contribution in [2.24, 2.45) is 5.73 Å². The maximum atomic E-state index is 5.60. The molecule has 1 aromatic carbocycles. The minimum Gasteiger partial charge on any atom is -0.326 e. The minimum atomic E-state index is 0.618. The Bertz CT molecular complexity index is 411. The summed E-state index contributed by atoms with van der Waals surface area (Å²) in [6, 6.07) is 9.16. The third-order valence-electron chi connectivity index (χ3n) is 4.03. The molecule has 0 saturated carbocycles. The van der Waals surface area contributed by atoms with Crippen molar-refractivity contribution >= 4 is 0 Å². The fourth-order valence-corrected chi connectivity index (χ4v) is 2.67. The quantitative estimate of drug-likeness (QED) is 0.483. The Morgan fingerprint density at radius 2 is 1.81 bits per heavy atom. The molecule has 3 heteroatoms. The van der Waals surface area contributed by atoms with E-state index >= 15 is 0 Å². The zero-order valence-electron chi connectivity index (χ0n) is 13.0. The fourth-order valence-electron chi connectivity index (χ4n) is 2.67. The second-order valence-corrected chi connectivity index (χ2v) is 5.82.